The topological polar surface area (TPSA) is 88.2 Å². The first-order chi connectivity index (χ1) is 14.4. The maximum atomic E-state index is 12.5. The summed E-state index contributed by atoms with van der Waals surface area (Å²) in [6.07, 6.45) is 0. The van der Waals surface area contributed by atoms with Crippen molar-refractivity contribution in [1.29, 1.82) is 0 Å². The summed E-state index contributed by atoms with van der Waals surface area (Å²) in [4.78, 5) is 16.5. The molecule has 160 valence electrons. The molecule has 1 amide bonds. The average molecular weight is 452 g/mol. The van der Waals surface area contributed by atoms with Crippen LogP contribution in [0.2, 0.25) is 5.02 Å². The lowest BCUT2D eigenvalue weighted by atomic mass is 10.1. The van der Waals surface area contributed by atoms with E-state index in [2.05, 4.69) is 9.62 Å². The standard InChI is InChI=1S/C20H22ClN3O5S/c21-16-2-4-17(5-3-16)30(26,27)22-12-20(25)24-9-7-23(8-10-24)13-15-1-6-18-19(11-15)29-14-28-18/h1-6,11,22H,7-10,12-14H2. The van der Waals surface area contributed by atoms with Crippen LogP contribution < -0.4 is 14.2 Å². The van der Waals surface area contributed by atoms with Crippen molar-refractivity contribution in [1.82, 2.24) is 14.5 Å². The van der Waals surface area contributed by atoms with E-state index >= 15 is 0 Å². The summed E-state index contributed by atoms with van der Waals surface area (Å²) >= 11 is 5.79. The SMILES string of the molecule is O=C(CNS(=O)(=O)c1ccc(Cl)cc1)N1CCN(Cc2ccc3c(c2)OCO3)CC1. The number of piperazine rings is 1. The second kappa shape index (κ2) is 8.81. The van der Waals surface area contributed by atoms with Crippen LogP contribution >= 0.6 is 11.6 Å². The Morgan fingerprint density at radius 3 is 2.43 bits per heavy atom. The number of carbonyl (C=O) groups is 1. The van der Waals surface area contributed by atoms with Crippen LogP contribution in [0.1, 0.15) is 5.56 Å². The fraction of sp³-hybridized carbons (Fsp3) is 0.350. The number of fused-ring (bicyclic) bond motifs is 1. The van der Waals surface area contributed by atoms with Crippen molar-refractivity contribution in [2.24, 2.45) is 0 Å². The Kier molecular flexibility index (Phi) is 6.14. The molecule has 2 aromatic rings. The monoisotopic (exact) mass is 451 g/mol. The zero-order chi connectivity index (χ0) is 21.1. The van der Waals surface area contributed by atoms with Gasteiger partial charge in [-0.2, -0.15) is 0 Å². The molecular weight excluding hydrogens is 430 g/mol. The summed E-state index contributed by atoms with van der Waals surface area (Å²) in [5.41, 5.74) is 1.12. The summed E-state index contributed by atoms with van der Waals surface area (Å²) in [5, 5.41) is 0.448. The van der Waals surface area contributed by atoms with Crippen LogP contribution in [-0.4, -0.2) is 63.6 Å². The van der Waals surface area contributed by atoms with Gasteiger partial charge in [-0.15, -0.1) is 0 Å². The molecule has 1 saturated heterocycles. The van der Waals surface area contributed by atoms with Crippen LogP contribution in [0, 0.1) is 0 Å². The van der Waals surface area contributed by atoms with Gasteiger partial charge in [-0.05, 0) is 42.0 Å². The molecule has 2 aliphatic heterocycles. The summed E-state index contributed by atoms with van der Waals surface area (Å²) in [5.74, 6) is 1.28. The lowest BCUT2D eigenvalue weighted by molar-refractivity contribution is -0.131. The summed E-state index contributed by atoms with van der Waals surface area (Å²) in [6, 6.07) is 11.7. The molecule has 2 aliphatic rings. The number of halogens is 1. The number of amides is 1. The highest BCUT2D eigenvalue weighted by Gasteiger charge is 2.23. The van der Waals surface area contributed by atoms with Gasteiger partial charge >= 0.3 is 0 Å². The van der Waals surface area contributed by atoms with Crippen LogP contribution in [-0.2, 0) is 21.4 Å². The smallest absolute Gasteiger partial charge is 0.241 e. The van der Waals surface area contributed by atoms with E-state index in [1.165, 1.54) is 24.3 Å². The van der Waals surface area contributed by atoms with Crippen molar-refractivity contribution in [3.8, 4) is 11.5 Å². The first-order valence-corrected chi connectivity index (χ1v) is 11.4. The number of hydrogen-bond acceptors (Lipinski definition) is 6. The largest absolute Gasteiger partial charge is 0.454 e. The van der Waals surface area contributed by atoms with Gasteiger partial charge in [0.05, 0.1) is 11.4 Å². The highest BCUT2D eigenvalue weighted by Crippen LogP contribution is 2.32. The minimum atomic E-state index is -3.76. The predicted molar refractivity (Wildman–Crippen MR) is 111 cm³/mol. The lowest BCUT2D eigenvalue weighted by Crippen LogP contribution is -2.50. The van der Waals surface area contributed by atoms with Gasteiger partial charge in [-0.3, -0.25) is 9.69 Å². The van der Waals surface area contributed by atoms with Gasteiger partial charge in [0.1, 0.15) is 0 Å². The Morgan fingerprint density at radius 2 is 1.70 bits per heavy atom. The van der Waals surface area contributed by atoms with Gasteiger partial charge in [0.25, 0.3) is 0 Å². The fourth-order valence-corrected chi connectivity index (χ4v) is 4.52. The lowest BCUT2D eigenvalue weighted by Gasteiger charge is -2.34. The fourth-order valence-electron chi connectivity index (χ4n) is 3.42. The van der Waals surface area contributed by atoms with Crippen LogP contribution in [0.3, 0.4) is 0 Å². The van der Waals surface area contributed by atoms with Crippen LogP contribution in [0.4, 0.5) is 0 Å². The first-order valence-electron chi connectivity index (χ1n) is 9.55. The number of ether oxygens (including phenoxy) is 2. The Morgan fingerprint density at radius 1 is 1.00 bits per heavy atom. The van der Waals surface area contributed by atoms with Crippen molar-refractivity contribution >= 4 is 27.5 Å². The van der Waals surface area contributed by atoms with Crippen molar-refractivity contribution < 1.29 is 22.7 Å². The molecule has 0 saturated carbocycles. The number of hydrogen-bond donors (Lipinski definition) is 1. The minimum Gasteiger partial charge on any atom is -0.454 e. The van der Waals surface area contributed by atoms with Crippen molar-refractivity contribution in [2.45, 2.75) is 11.4 Å². The maximum Gasteiger partial charge on any atom is 0.241 e. The van der Waals surface area contributed by atoms with E-state index in [9.17, 15) is 13.2 Å². The van der Waals surface area contributed by atoms with Crippen LogP contribution in [0.5, 0.6) is 11.5 Å². The van der Waals surface area contributed by atoms with Gasteiger partial charge in [0.2, 0.25) is 22.7 Å². The molecule has 2 aromatic carbocycles. The van der Waals surface area contributed by atoms with Crippen LogP contribution in [0.25, 0.3) is 0 Å². The molecule has 0 aliphatic carbocycles. The summed E-state index contributed by atoms with van der Waals surface area (Å²) in [6.45, 7) is 3.25. The summed E-state index contributed by atoms with van der Waals surface area (Å²) in [7, 11) is -3.76. The molecule has 0 unspecified atom stereocenters. The highest BCUT2D eigenvalue weighted by molar-refractivity contribution is 7.89. The zero-order valence-corrected chi connectivity index (χ0v) is 17.8. The number of sulfonamides is 1. The maximum absolute atomic E-state index is 12.5. The van der Waals surface area contributed by atoms with Gasteiger partial charge < -0.3 is 14.4 Å². The molecule has 0 radical (unpaired) electrons. The second-order valence-electron chi connectivity index (χ2n) is 7.12. The van der Waals surface area contributed by atoms with E-state index in [4.69, 9.17) is 21.1 Å². The zero-order valence-electron chi connectivity index (χ0n) is 16.2. The van der Waals surface area contributed by atoms with Gasteiger partial charge in [-0.25, -0.2) is 13.1 Å². The number of carbonyl (C=O) groups excluding carboxylic acids is 1. The predicted octanol–water partition coefficient (Wildman–Crippen LogP) is 1.69. The molecular formula is C20H22ClN3O5S. The van der Waals surface area contributed by atoms with Crippen molar-refractivity contribution in [2.75, 3.05) is 39.5 Å². The van der Waals surface area contributed by atoms with E-state index in [1.807, 2.05) is 18.2 Å². The molecule has 0 aromatic heterocycles. The molecule has 0 atom stereocenters. The molecule has 30 heavy (non-hydrogen) atoms. The van der Waals surface area contributed by atoms with E-state index < -0.39 is 10.0 Å². The normalized spacial score (nSPS) is 16.6. The third kappa shape index (κ3) is 4.86. The van der Waals surface area contributed by atoms with Crippen LogP contribution in [0.15, 0.2) is 47.4 Å². The average Bonchev–Trinajstić information content (AvgIpc) is 3.21. The van der Waals surface area contributed by atoms with E-state index in [0.717, 1.165) is 23.6 Å². The third-order valence-electron chi connectivity index (χ3n) is 5.11. The molecule has 4 rings (SSSR count). The van der Waals surface area contributed by atoms with E-state index in [1.54, 1.807) is 4.90 Å². The Balaban J connectivity index is 1.25. The molecule has 0 spiro atoms. The summed E-state index contributed by atoms with van der Waals surface area (Å²) < 4.78 is 37.7. The van der Waals surface area contributed by atoms with Gasteiger partial charge in [0.15, 0.2) is 11.5 Å². The molecule has 8 nitrogen and oxygen atoms in total. The number of rotatable bonds is 6. The van der Waals surface area contributed by atoms with E-state index in [-0.39, 0.29) is 24.1 Å². The molecule has 1 fully saturated rings. The quantitative estimate of drug-likeness (QED) is 0.719. The van der Waals surface area contributed by atoms with Crippen molar-refractivity contribution in [3.05, 3.63) is 53.1 Å². The highest BCUT2D eigenvalue weighted by atomic mass is 35.5. The Bertz CT molecular complexity index is 1020. The third-order valence-corrected chi connectivity index (χ3v) is 6.77. The molecule has 10 heteroatoms. The van der Waals surface area contributed by atoms with Crippen molar-refractivity contribution in [3.63, 3.8) is 0 Å². The number of nitrogens with zero attached hydrogens (tertiary/aromatic N) is 2. The molecule has 1 N–H and O–H groups in total. The number of benzene rings is 2. The Labute approximate surface area is 180 Å². The van der Waals surface area contributed by atoms with E-state index in [0.29, 0.717) is 31.2 Å². The minimum absolute atomic E-state index is 0.0771. The molecule has 0 bridgehead atoms. The second-order valence-corrected chi connectivity index (χ2v) is 9.33. The Hall–Kier alpha value is -2.33. The first kappa shape index (κ1) is 20.9. The molecule has 2 heterocycles. The number of nitrogens with one attached hydrogen (secondary N) is 1. The van der Waals surface area contributed by atoms with Gasteiger partial charge in [0, 0.05) is 37.7 Å². The van der Waals surface area contributed by atoms with Gasteiger partial charge in [-0.1, -0.05) is 17.7 Å².